The number of furan rings is 1. The third-order valence-corrected chi connectivity index (χ3v) is 3.97. The molecule has 102 valence electrons. The summed E-state index contributed by atoms with van der Waals surface area (Å²) >= 11 is 1.70. The maximum atomic E-state index is 6.02. The van der Waals surface area contributed by atoms with Crippen LogP contribution in [0.15, 0.2) is 50.5 Å². The van der Waals surface area contributed by atoms with Gasteiger partial charge in [-0.25, -0.2) is 0 Å². The van der Waals surface area contributed by atoms with Crippen molar-refractivity contribution in [2.24, 2.45) is 4.99 Å². The first-order valence-corrected chi connectivity index (χ1v) is 7.20. The zero-order valence-electron chi connectivity index (χ0n) is 10.6. The predicted molar refractivity (Wildman–Crippen MR) is 86.2 cm³/mol. The summed E-state index contributed by atoms with van der Waals surface area (Å²) in [5.41, 5.74) is 3.29. The van der Waals surface area contributed by atoms with Crippen LogP contribution in [0, 0.1) is 0 Å². The second-order valence-corrected chi connectivity index (χ2v) is 5.28. The van der Waals surface area contributed by atoms with Gasteiger partial charge >= 0.3 is 0 Å². The lowest BCUT2D eigenvalue weighted by molar-refractivity contribution is 0.603. The second-order valence-electron chi connectivity index (χ2n) is 4.50. The smallest absolute Gasteiger partial charge is 0.170 e. The number of nitrogens with one attached hydrogen (secondary N) is 1. The predicted octanol–water partition coefficient (Wildman–Crippen LogP) is 3.93. The number of halogens is 1. The average molecular weight is 305 g/mol. The summed E-state index contributed by atoms with van der Waals surface area (Å²) in [6.07, 6.45) is 0. The normalized spacial score (nSPS) is 13.9. The van der Waals surface area contributed by atoms with Gasteiger partial charge in [0.25, 0.3) is 0 Å². The topological polar surface area (TPSA) is 37.5 Å². The Morgan fingerprint density at radius 1 is 1.25 bits per heavy atom. The van der Waals surface area contributed by atoms with Gasteiger partial charge in [0, 0.05) is 17.5 Å². The number of hydrogen-bond acceptors (Lipinski definition) is 4. The summed E-state index contributed by atoms with van der Waals surface area (Å²) in [6, 6.07) is 10.4. The highest BCUT2D eigenvalue weighted by Gasteiger charge is 2.15. The molecule has 0 saturated heterocycles. The Morgan fingerprint density at radius 3 is 2.95 bits per heavy atom. The molecule has 1 N–H and O–H groups in total. The molecule has 0 unspecified atom stereocenters. The standard InChI is InChI=1S/C15H12N2OS.ClH/c1-2-10-8-13(15-16-5-6-17-15)18-14(10)12(3-1)11-4-7-19-9-11;/h1-4,7-9H,5-6H2,(H,16,17);1H. The second kappa shape index (κ2) is 5.31. The minimum Gasteiger partial charge on any atom is -0.452 e. The first kappa shape index (κ1) is 13.2. The van der Waals surface area contributed by atoms with Gasteiger partial charge in [0.15, 0.2) is 11.6 Å². The van der Waals surface area contributed by atoms with Gasteiger partial charge < -0.3 is 9.73 Å². The Morgan fingerprint density at radius 2 is 2.20 bits per heavy atom. The molecule has 1 aliphatic rings. The SMILES string of the molecule is Cl.c1cc(-c2ccsc2)c2oc(C3=NCCN3)cc2c1. The molecule has 3 heterocycles. The van der Waals surface area contributed by atoms with Crippen molar-refractivity contribution in [3.05, 3.63) is 46.9 Å². The largest absolute Gasteiger partial charge is 0.452 e. The molecule has 0 amide bonds. The molecule has 0 aliphatic carbocycles. The van der Waals surface area contributed by atoms with Crippen molar-refractivity contribution in [1.82, 2.24) is 5.32 Å². The van der Waals surface area contributed by atoms with Crippen LogP contribution < -0.4 is 5.32 Å². The van der Waals surface area contributed by atoms with Crippen LogP contribution in [0.3, 0.4) is 0 Å². The lowest BCUT2D eigenvalue weighted by Crippen LogP contribution is -2.18. The Bertz CT molecular complexity index is 761. The summed E-state index contributed by atoms with van der Waals surface area (Å²) in [5.74, 6) is 1.70. The van der Waals surface area contributed by atoms with Gasteiger partial charge in [0.2, 0.25) is 0 Å². The molecule has 1 aromatic carbocycles. The monoisotopic (exact) mass is 304 g/mol. The van der Waals surface area contributed by atoms with Crippen LogP contribution in [0.4, 0.5) is 0 Å². The van der Waals surface area contributed by atoms with Gasteiger partial charge in [0.1, 0.15) is 5.58 Å². The quantitative estimate of drug-likeness (QED) is 0.779. The van der Waals surface area contributed by atoms with E-state index in [1.165, 1.54) is 5.56 Å². The summed E-state index contributed by atoms with van der Waals surface area (Å²) < 4.78 is 6.02. The van der Waals surface area contributed by atoms with Gasteiger partial charge in [0.05, 0.1) is 6.54 Å². The number of rotatable bonds is 2. The van der Waals surface area contributed by atoms with Crippen LogP contribution in [-0.4, -0.2) is 18.9 Å². The molecule has 20 heavy (non-hydrogen) atoms. The van der Waals surface area contributed by atoms with Crippen molar-refractivity contribution in [3.63, 3.8) is 0 Å². The minimum atomic E-state index is 0. The molecule has 0 spiro atoms. The van der Waals surface area contributed by atoms with E-state index in [9.17, 15) is 0 Å². The molecule has 0 bridgehead atoms. The molecule has 1 aliphatic heterocycles. The summed E-state index contributed by atoms with van der Waals surface area (Å²) in [5, 5.41) is 8.59. The fraction of sp³-hybridized carbons (Fsp3) is 0.133. The third-order valence-electron chi connectivity index (χ3n) is 3.28. The van der Waals surface area contributed by atoms with Gasteiger partial charge in [-0.05, 0) is 28.5 Å². The van der Waals surface area contributed by atoms with Gasteiger partial charge in [-0.3, -0.25) is 4.99 Å². The number of hydrogen-bond donors (Lipinski definition) is 1. The fourth-order valence-corrected chi connectivity index (χ4v) is 3.04. The maximum Gasteiger partial charge on any atom is 0.170 e. The summed E-state index contributed by atoms with van der Waals surface area (Å²) in [7, 11) is 0. The van der Waals surface area contributed by atoms with Crippen LogP contribution in [0.5, 0.6) is 0 Å². The lowest BCUT2D eigenvalue weighted by Gasteiger charge is -1.99. The molecule has 0 atom stereocenters. The van der Waals surface area contributed by atoms with Crippen molar-refractivity contribution in [1.29, 1.82) is 0 Å². The first-order valence-electron chi connectivity index (χ1n) is 6.26. The Hall–Kier alpha value is -1.78. The number of aliphatic imine (C=N–C) groups is 1. The first-order chi connectivity index (χ1) is 9.42. The number of amidine groups is 1. The fourth-order valence-electron chi connectivity index (χ4n) is 2.39. The lowest BCUT2D eigenvalue weighted by atomic mass is 10.1. The van der Waals surface area contributed by atoms with Crippen molar-refractivity contribution < 1.29 is 4.42 Å². The molecule has 3 aromatic rings. The van der Waals surface area contributed by atoms with E-state index < -0.39 is 0 Å². The van der Waals surface area contributed by atoms with E-state index in [-0.39, 0.29) is 12.4 Å². The van der Waals surface area contributed by atoms with E-state index in [0.29, 0.717) is 0 Å². The molecular weight excluding hydrogens is 292 g/mol. The molecule has 0 saturated carbocycles. The van der Waals surface area contributed by atoms with E-state index in [2.05, 4.69) is 51.4 Å². The minimum absolute atomic E-state index is 0. The maximum absolute atomic E-state index is 6.02. The highest BCUT2D eigenvalue weighted by atomic mass is 35.5. The Kier molecular flexibility index (Phi) is 3.51. The van der Waals surface area contributed by atoms with Gasteiger partial charge in [-0.15, -0.1) is 12.4 Å². The van der Waals surface area contributed by atoms with E-state index in [1.807, 2.05) is 0 Å². The molecule has 4 rings (SSSR count). The van der Waals surface area contributed by atoms with Crippen LogP contribution in [-0.2, 0) is 0 Å². The summed E-state index contributed by atoms with van der Waals surface area (Å²) in [4.78, 5) is 4.41. The molecular formula is C15H13ClN2OS. The van der Waals surface area contributed by atoms with Gasteiger partial charge in [-0.1, -0.05) is 18.2 Å². The number of fused-ring (bicyclic) bond motifs is 1. The summed E-state index contributed by atoms with van der Waals surface area (Å²) in [6.45, 7) is 1.72. The molecule has 0 fully saturated rings. The van der Waals surface area contributed by atoms with E-state index >= 15 is 0 Å². The molecule has 5 heteroatoms. The van der Waals surface area contributed by atoms with E-state index in [1.54, 1.807) is 11.3 Å². The van der Waals surface area contributed by atoms with Crippen LogP contribution in [0.2, 0.25) is 0 Å². The zero-order valence-corrected chi connectivity index (χ0v) is 12.3. The van der Waals surface area contributed by atoms with Crippen LogP contribution in [0.1, 0.15) is 5.76 Å². The highest BCUT2D eigenvalue weighted by molar-refractivity contribution is 7.08. The molecule has 2 aromatic heterocycles. The number of nitrogens with zero attached hydrogens (tertiary/aromatic N) is 1. The van der Waals surface area contributed by atoms with Crippen molar-refractivity contribution >= 4 is 40.5 Å². The van der Waals surface area contributed by atoms with E-state index in [0.717, 1.165) is 41.2 Å². The van der Waals surface area contributed by atoms with Crippen molar-refractivity contribution in [3.8, 4) is 11.1 Å². The Labute approximate surface area is 126 Å². The number of thiophene rings is 1. The zero-order chi connectivity index (χ0) is 12.7. The highest BCUT2D eigenvalue weighted by Crippen LogP contribution is 2.32. The van der Waals surface area contributed by atoms with Gasteiger partial charge in [-0.2, -0.15) is 11.3 Å². The Balaban J connectivity index is 0.00000121. The molecule has 3 nitrogen and oxygen atoms in total. The number of para-hydroxylation sites is 1. The molecule has 0 radical (unpaired) electrons. The van der Waals surface area contributed by atoms with Crippen molar-refractivity contribution in [2.45, 2.75) is 0 Å². The third kappa shape index (κ3) is 2.11. The van der Waals surface area contributed by atoms with E-state index in [4.69, 9.17) is 4.42 Å². The van der Waals surface area contributed by atoms with Crippen molar-refractivity contribution in [2.75, 3.05) is 13.1 Å². The number of benzene rings is 1. The van der Waals surface area contributed by atoms with Crippen LogP contribution >= 0.6 is 23.7 Å². The van der Waals surface area contributed by atoms with Crippen LogP contribution in [0.25, 0.3) is 22.1 Å². The average Bonchev–Trinajstić information content (AvgIpc) is 3.18.